The summed E-state index contributed by atoms with van der Waals surface area (Å²) in [7, 11) is 0. The maximum atomic E-state index is 13.6. The number of carbonyl (C=O) groups excluding carboxylic acids is 1. The molecule has 41 heavy (non-hydrogen) atoms. The van der Waals surface area contributed by atoms with Crippen LogP contribution in [0.2, 0.25) is 5.02 Å². The fourth-order valence-corrected chi connectivity index (χ4v) is 4.98. The van der Waals surface area contributed by atoms with Crippen molar-refractivity contribution in [1.29, 1.82) is 0 Å². The van der Waals surface area contributed by atoms with Crippen LogP contribution in [0.15, 0.2) is 93.2 Å². The van der Waals surface area contributed by atoms with E-state index < -0.39 is 5.91 Å². The first-order valence-electron chi connectivity index (χ1n) is 12.7. The number of halogens is 1. The monoisotopic (exact) mass is 565 g/mol. The van der Waals surface area contributed by atoms with Gasteiger partial charge in [-0.3, -0.25) is 9.59 Å². The fourth-order valence-electron chi connectivity index (χ4n) is 4.80. The summed E-state index contributed by atoms with van der Waals surface area (Å²) in [6.07, 6.45) is 1.64. The largest absolute Gasteiger partial charge is 0.484 e. The molecular formula is C31H24ClN5O4. The van der Waals surface area contributed by atoms with Crippen LogP contribution < -0.4 is 16.0 Å². The number of carbonyl (C=O) groups is 1. The van der Waals surface area contributed by atoms with E-state index in [9.17, 15) is 9.59 Å². The van der Waals surface area contributed by atoms with Gasteiger partial charge in [0.1, 0.15) is 11.3 Å². The molecule has 3 heterocycles. The average molecular weight is 566 g/mol. The molecule has 1 amide bonds. The van der Waals surface area contributed by atoms with Crippen molar-refractivity contribution in [2.45, 2.75) is 13.8 Å². The Labute approximate surface area is 239 Å². The third kappa shape index (κ3) is 4.99. The number of amides is 1. The Hall–Kier alpha value is -5.15. The Morgan fingerprint density at radius 1 is 1.07 bits per heavy atom. The highest BCUT2D eigenvalue weighted by Crippen LogP contribution is 2.29. The van der Waals surface area contributed by atoms with Gasteiger partial charge in [-0.2, -0.15) is 9.78 Å². The third-order valence-electron chi connectivity index (χ3n) is 6.71. The van der Waals surface area contributed by atoms with E-state index in [0.717, 1.165) is 28.0 Å². The molecule has 6 aromatic rings. The van der Waals surface area contributed by atoms with Gasteiger partial charge in [0.05, 0.1) is 17.1 Å². The zero-order chi connectivity index (χ0) is 28.7. The molecule has 0 aliphatic carbocycles. The van der Waals surface area contributed by atoms with Crippen LogP contribution in [0.5, 0.6) is 5.75 Å². The molecule has 0 fully saturated rings. The summed E-state index contributed by atoms with van der Waals surface area (Å²) < 4.78 is 14.7. The van der Waals surface area contributed by atoms with Gasteiger partial charge in [0, 0.05) is 33.0 Å². The molecule has 0 atom stereocenters. The lowest BCUT2D eigenvalue weighted by molar-refractivity contribution is -0.119. The number of hydrogen-bond acceptors (Lipinski definition) is 6. The Bertz CT molecular complexity index is 2040. The summed E-state index contributed by atoms with van der Waals surface area (Å²) in [5.74, 6) is 0.674. The number of fused-ring (bicyclic) bond motifs is 2. The van der Waals surface area contributed by atoms with Crippen LogP contribution in [-0.2, 0) is 4.79 Å². The van der Waals surface area contributed by atoms with Gasteiger partial charge in [0.2, 0.25) is 5.82 Å². The highest BCUT2D eigenvalue weighted by molar-refractivity contribution is 6.31. The van der Waals surface area contributed by atoms with E-state index in [1.807, 2.05) is 38.1 Å². The molecule has 0 bridgehead atoms. The molecule has 2 N–H and O–H groups in total. The summed E-state index contributed by atoms with van der Waals surface area (Å²) >= 11 is 6.17. The van der Waals surface area contributed by atoms with Crippen molar-refractivity contribution in [2.75, 3.05) is 6.61 Å². The topological polar surface area (TPSA) is 118 Å². The molecule has 9 nitrogen and oxygen atoms in total. The standard InChI is InChI=1S/C31H24ClN5O4/c1-18-13-21(19(2)36(18)23-8-10-24(11-9-23)40-17-29(33)38)16-34-37-30(35-26-6-4-3-5-25(26)31(37)39)28-15-20-14-22(32)7-12-27(20)41-28/h3-16H,17H2,1-2H3,(H2,33,38). The van der Waals surface area contributed by atoms with Gasteiger partial charge in [-0.05, 0) is 80.6 Å². The van der Waals surface area contributed by atoms with Gasteiger partial charge in [-0.25, -0.2) is 4.98 Å². The minimum atomic E-state index is -0.538. The number of ether oxygens (including phenoxy) is 1. The van der Waals surface area contributed by atoms with E-state index in [0.29, 0.717) is 33.0 Å². The number of aryl methyl sites for hydroxylation is 1. The minimum absolute atomic E-state index is 0.186. The molecule has 10 heteroatoms. The zero-order valence-electron chi connectivity index (χ0n) is 22.2. The molecule has 6 rings (SSSR count). The first-order chi connectivity index (χ1) is 19.8. The number of primary amides is 1. The quantitative estimate of drug-likeness (QED) is 0.252. The maximum Gasteiger partial charge on any atom is 0.282 e. The minimum Gasteiger partial charge on any atom is -0.484 e. The molecule has 0 spiro atoms. The average Bonchev–Trinajstić information content (AvgIpc) is 3.50. The van der Waals surface area contributed by atoms with E-state index in [1.54, 1.807) is 60.8 Å². The van der Waals surface area contributed by atoms with E-state index in [-0.39, 0.29) is 18.0 Å². The first kappa shape index (κ1) is 26.1. The molecule has 0 saturated carbocycles. The number of nitrogens with zero attached hydrogens (tertiary/aromatic N) is 4. The van der Waals surface area contributed by atoms with Gasteiger partial charge >= 0.3 is 0 Å². The van der Waals surface area contributed by atoms with Gasteiger partial charge in [0.15, 0.2) is 12.4 Å². The van der Waals surface area contributed by atoms with Gasteiger partial charge < -0.3 is 19.5 Å². The zero-order valence-corrected chi connectivity index (χ0v) is 22.9. The van der Waals surface area contributed by atoms with Gasteiger partial charge in [-0.15, -0.1) is 0 Å². The van der Waals surface area contributed by atoms with E-state index >= 15 is 0 Å². The van der Waals surface area contributed by atoms with Crippen LogP contribution in [0.3, 0.4) is 0 Å². The van der Waals surface area contributed by atoms with Crippen molar-refractivity contribution < 1.29 is 13.9 Å². The van der Waals surface area contributed by atoms with E-state index in [4.69, 9.17) is 31.5 Å². The van der Waals surface area contributed by atoms with Gasteiger partial charge in [0.25, 0.3) is 11.5 Å². The number of rotatable bonds is 7. The number of aromatic nitrogens is 3. The molecule has 0 saturated heterocycles. The number of benzene rings is 3. The summed E-state index contributed by atoms with van der Waals surface area (Å²) in [5.41, 5.74) is 9.60. The maximum absolute atomic E-state index is 13.6. The molecule has 0 aliphatic rings. The number of hydrogen-bond donors (Lipinski definition) is 1. The highest BCUT2D eigenvalue weighted by Gasteiger charge is 2.17. The van der Waals surface area contributed by atoms with Crippen LogP contribution in [0.1, 0.15) is 17.0 Å². The van der Waals surface area contributed by atoms with Crippen LogP contribution in [0.25, 0.3) is 39.1 Å². The number of para-hydroxylation sites is 1. The second kappa shape index (κ2) is 10.4. The van der Waals surface area contributed by atoms with Crippen molar-refractivity contribution in [3.05, 3.63) is 111 Å². The van der Waals surface area contributed by atoms with Gasteiger partial charge in [-0.1, -0.05) is 23.7 Å². The predicted octanol–water partition coefficient (Wildman–Crippen LogP) is 5.62. The van der Waals surface area contributed by atoms with Crippen LogP contribution in [0, 0.1) is 13.8 Å². The van der Waals surface area contributed by atoms with Crippen molar-refractivity contribution in [1.82, 2.24) is 14.2 Å². The fraction of sp³-hybridized carbons (Fsp3) is 0.0968. The highest BCUT2D eigenvalue weighted by atomic mass is 35.5. The Morgan fingerprint density at radius 3 is 2.63 bits per heavy atom. The Morgan fingerprint density at radius 2 is 1.85 bits per heavy atom. The summed E-state index contributed by atoms with van der Waals surface area (Å²) in [6, 6.07) is 23.6. The van der Waals surface area contributed by atoms with Crippen LogP contribution >= 0.6 is 11.6 Å². The lowest BCUT2D eigenvalue weighted by Crippen LogP contribution is -2.20. The molecule has 3 aromatic carbocycles. The predicted molar refractivity (Wildman–Crippen MR) is 159 cm³/mol. The lowest BCUT2D eigenvalue weighted by atomic mass is 10.2. The van der Waals surface area contributed by atoms with Crippen LogP contribution in [0.4, 0.5) is 0 Å². The molecule has 0 radical (unpaired) electrons. The molecule has 0 aliphatic heterocycles. The Kier molecular flexibility index (Phi) is 6.64. The number of furan rings is 1. The second-order valence-electron chi connectivity index (χ2n) is 9.52. The molecular weight excluding hydrogens is 542 g/mol. The second-order valence-corrected chi connectivity index (χ2v) is 9.95. The smallest absolute Gasteiger partial charge is 0.282 e. The molecule has 3 aromatic heterocycles. The van der Waals surface area contributed by atoms with Crippen molar-refractivity contribution >= 4 is 45.6 Å². The summed E-state index contributed by atoms with van der Waals surface area (Å²) in [6.45, 7) is 3.77. The van der Waals surface area contributed by atoms with Crippen molar-refractivity contribution in [3.8, 4) is 23.0 Å². The summed E-state index contributed by atoms with van der Waals surface area (Å²) in [5, 5.41) is 6.42. The number of nitrogens with two attached hydrogens (primary N) is 1. The SMILES string of the molecule is Cc1cc(C=Nn2c(-c3cc4cc(Cl)ccc4o3)nc3ccccc3c2=O)c(C)n1-c1ccc(OCC(N)=O)cc1. The molecule has 204 valence electrons. The van der Waals surface area contributed by atoms with Crippen LogP contribution in [-0.4, -0.2) is 33.0 Å². The lowest BCUT2D eigenvalue weighted by Gasteiger charge is -2.11. The summed E-state index contributed by atoms with van der Waals surface area (Å²) in [4.78, 5) is 29.4. The van der Waals surface area contributed by atoms with Crippen molar-refractivity contribution in [2.24, 2.45) is 10.8 Å². The van der Waals surface area contributed by atoms with Crippen molar-refractivity contribution in [3.63, 3.8) is 0 Å². The normalized spacial score (nSPS) is 11.6. The third-order valence-corrected chi connectivity index (χ3v) is 6.95. The molecule has 0 unspecified atom stereocenters. The van der Waals surface area contributed by atoms with E-state index in [1.165, 1.54) is 4.68 Å². The first-order valence-corrected chi connectivity index (χ1v) is 13.1. The van der Waals surface area contributed by atoms with E-state index in [2.05, 4.69) is 9.67 Å². The Balaban J connectivity index is 1.41.